The number of aromatic nitrogens is 2. The summed E-state index contributed by atoms with van der Waals surface area (Å²) in [4.78, 5) is 17.2. The number of hydrogen-bond donors (Lipinski definition) is 2. The number of hydrogen-bond acceptors (Lipinski definition) is 3. The Morgan fingerprint density at radius 3 is 2.86 bits per heavy atom. The van der Waals surface area contributed by atoms with Crippen molar-refractivity contribution < 1.29 is 9.18 Å². The predicted molar refractivity (Wildman–Crippen MR) is 110 cm³/mol. The summed E-state index contributed by atoms with van der Waals surface area (Å²) in [6, 6.07) is 10.9. The summed E-state index contributed by atoms with van der Waals surface area (Å²) >= 11 is 0. The van der Waals surface area contributed by atoms with Crippen molar-refractivity contribution >= 4 is 22.6 Å². The quantitative estimate of drug-likeness (QED) is 0.722. The summed E-state index contributed by atoms with van der Waals surface area (Å²) in [5.41, 5.74) is 4.25. The third kappa shape index (κ3) is 3.52. The minimum Gasteiger partial charge on any atom is -0.327 e. The molecule has 6 heteroatoms. The number of anilines is 1. The fraction of sp³-hybridized carbons (Fsp3) is 0.364. The van der Waals surface area contributed by atoms with Gasteiger partial charge in [0, 0.05) is 36.3 Å². The van der Waals surface area contributed by atoms with Crippen LogP contribution in [0.3, 0.4) is 0 Å². The van der Waals surface area contributed by atoms with Crippen molar-refractivity contribution in [3.8, 4) is 11.4 Å². The summed E-state index contributed by atoms with van der Waals surface area (Å²) in [6.07, 6.45) is 1.73. The van der Waals surface area contributed by atoms with Gasteiger partial charge in [-0.1, -0.05) is 0 Å². The van der Waals surface area contributed by atoms with E-state index < -0.39 is 0 Å². The minimum atomic E-state index is -0.293. The van der Waals surface area contributed by atoms with E-state index in [2.05, 4.69) is 22.5 Å². The maximum Gasteiger partial charge on any atom is 0.227 e. The molecule has 1 amide bonds. The SMILES string of the molecule is Cc1cc(-c2nc3cc(F)ccc3n2C)ccc1NC(=O)[C@H]1CCN[C@@H](C)C1. The van der Waals surface area contributed by atoms with Gasteiger partial charge in [0.25, 0.3) is 0 Å². The Labute approximate surface area is 164 Å². The first kappa shape index (κ1) is 18.6. The molecule has 0 radical (unpaired) electrons. The number of halogens is 1. The van der Waals surface area contributed by atoms with Gasteiger partial charge in [-0.15, -0.1) is 0 Å². The number of amides is 1. The zero-order valence-corrected chi connectivity index (χ0v) is 16.4. The molecule has 0 spiro atoms. The van der Waals surface area contributed by atoms with E-state index in [1.165, 1.54) is 12.1 Å². The molecule has 0 saturated carbocycles. The summed E-state index contributed by atoms with van der Waals surface area (Å²) in [6.45, 7) is 4.97. The summed E-state index contributed by atoms with van der Waals surface area (Å²) < 4.78 is 15.5. The van der Waals surface area contributed by atoms with E-state index >= 15 is 0 Å². The molecule has 1 aliphatic rings. The Balaban J connectivity index is 1.58. The number of rotatable bonds is 3. The third-order valence-corrected chi connectivity index (χ3v) is 5.58. The molecular weight excluding hydrogens is 355 g/mol. The normalized spacial score (nSPS) is 19.7. The molecule has 28 heavy (non-hydrogen) atoms. The van der Waals surface area contributed by atoms with Gasteiger partial charge in [-0.25, -0.2) is 9.37 Å². The van der Waals surface area contributed by atoms with E-state index in [0.29, 0.717) is 11.6 Å². The fourth-order valence-corrected chi connectivity index (χ4v) is 3.98. The van der Waals surface area contributed by atoms with Crippen molar-refractivity contribution in [2.24, 2.45) is 13.0 Å². The highest BCUT2D eigenvalue weighted by Gasteiger charge is 2.25. The second kappa shape index (κ2) is 7.36. The molecule has 0 unspecified atom stereocenters. The van der Waals surface area contributed by atoms with Crippen molar-refractivity contribution in [1.82, 2.24) is 14.9 Å². The molecule has 0 aliphatic carbocycles. The van der Waals surface area contributed by atoms with Gasteiger partial charge in [-0.2, -0.15) is 0 Å². The van der Waals surface area contributed by atoms with Crippen molar-refractivity contribution in [2.75, 3.05) is 11.9 Å². The van der Waals surface area contributed by atoms with Crippen LogP contribution < -0.4 is 10.6 Å². The Hall–Kier alpha value is -2.73. The third-order valence-electron chi connectivity index (χ3n) is 5.58. The Bertz CT molecular complexity index is 1040. The number of nitrogens with one attached hydrogen (secondary N) is 2. The number of aryl methyl sites for hydroxylation is 2. The number of nitrogens with zero attached hydrogens (tertiary/aromatic N) is 2. The molecule has 2 N–H and O–H groups in total. The predicted octanol–water partition coefficient (Wildman–Crippen LogP) is 4.01. The second-order valence-corrected chi connectivity index (χ2v) is 7.72. The molecule has 3 aromatic rings. The van der Waals surface area contributed by atoms with Crippen LogP contribution in [0.15, 0.2) is 36.4 Å². The smallest absolute Gasteiger partial charge is 0.227 e. The highest BCUT2D eigenvalue weighted by Crippen LogP contribution is 2.28. The molecule has 146 valence electrons. The van der Waals surface area contributed by atoms with E-state index in [4.69, 9.17) is 0 Å². The highest BCUT2D eigenvalue weighted by atomic mass is 19.1. The molecule has 2 aromatic carbocycles. The van der Waals surface area contributed by atoms with Crippen LogP contribution in [-0.4, -0.2) is 28.0 Å². The molecule has 5 nitrogen and oxygen atoms in total. The fourth-order valence-electron chi connectivity index (χ4n) is 3.98. The number of carbonyl (C=O) groups is 1. The molecular formula is C22H25FN4O. The number of carbonyl (C=O) groups excluding carboxylic acids is 1. The van der Waals surface area contributed by atoms with Crippen LogP contribution in [0.4, 0.5) is 10.1 Å². The Kier molecular flexibility index (Phi) is 4.89. The van der Waals surface area contributed by atoms with E-state index in [9.17, 15) is 9.18 Å². The summed E-state index contributed by atoms with van der Waals surface area (Å²) in [5.74, 6) is 0.611. The molecule has 4 rings (SSSR count). The average Bonchev–Trinajstić information content (AvgIpc) is 2.99. The second-order valence-electron chi connectivity index (χ2n) is 7.72. The van der Waals surface area contributed by atoms with Crippen LogP contribution >= 0.6 is 0 Å². The van der Waals surface area contributed by atoms with Gasteiger partial charge in [-0.3, -0.25) is 4.79 Å². The first-order valence-electron chi connectivity index (χ1n) is 9.69. The molecule has 0 bridgehead atoms. The minimum absolute atomic E-state index is 0.0464. The number of imidazole rings is 1. The lowest BCUT2D eigenvalue weighted by Gasteiger charge is -2.27. The summed E-state index contributed by atoms with van der Waals surface area (Å²) in [7, 11) is 1.92. The van der Waals surface area contributed by atoms with Crippen molar-refractivity contribution in [1.29, 1.82) is 0 Å². The van der Waals surface area contributed by atoms with Crippen molar-refractivity contribution in [2.45, 2.75) is 32.7 Å². The molecule has 2 heterocycles. The van der Waals surface area contributed by atoms with Gasteiger partial charge in [0.2, 0.25) is 5.91 Å². The number of fused-ring (bicyclic) bond motifs is 1. The average molecular weight is 380 g/mol. The lowest BCUT2D eigenvalue weighted by atomic mass is 9.92. The lowest BCUT2D eigenvalue weighted by Crippen LogP contribution is -2.40. The van der Waals surface area contributed by atoms with Gasteiger partial charge in [0.05, 0.1) is 11.0 Å². The van der Waals surface area contributed by atoms with Gasteiger partial charge in [0.15, 0.2) is 0 Å². The van der Waals surface area contributed by atoms with E-state index in [0.717, 1.165) is 47.5 Å². The van der Waals surface area contributed by atoms with Crippen molar-refractivity contribution in [3.05, 3.63) is 47.8 Å². The van der Waals surface area contributed by atoms with Gasteiger partial charge >= 0.3 is 0 Å². The van der Waals surface area contributed by atoms with Crippen LogP contribution in [-0.2, 0) is 11.8 Å². The van der Waals surface area contributed by atoms with Crippen LogP contribution in [0.1, 0.15) is 25.3 Å². The van der Waals surface area contributed by atoms with E-state index in [1.807, 2.05) is 36.7 Å². The maximum absolute atomic E-state index is 13.5. The zero-order chi connectivity index (χ0) is 19.8. The topological polar surface area (TPSA) is 59.0 Å². The largest absolute Gasteiger partial charge is 0.327 e. The van der Waals surface area contributed by atoms with Crippen LogP contribution in [0, 0.1) is 18.7 Å². The van der Waals surface area contributed by atoms with Gasteiger partial charge in [-0.05, 0) is 69.1 Å². The highest BCUT2D eigenvalue weighted by molar-refractivity contribution is 5.93. The standard InChI is InChI=1S/C22H25FN4O/c1-13-10-15(21-25-19-12-17(23)5-7-20(19)27(21)3)4-6-18(13)26-22(28)16-8-9-24-14(2)11-16/h4-7,10,12,14,16,24H,8-9,11H2,1-3H3,(H,26,28)/t14-,16-/m0/s1. The van der Waals surface area contributed by atoms with E-state index in [1.54, 1.807) is 6.07 Å². The molecule has 1 aliphatic heterocycles. The lowest BCUT2D eigenvalue weighted by molar-refractivity contribution is -0.120. The Morgan fingerprint density at radius 1 is 1.29 bits per heavy atom. The van der Waals surface area contributed by atoms with E-state index in [-0.39, 0.29) is 17.6 Å². The summed E-state index contributed by atoms with van der Waals surface area (Å²) in [5, 5.41) is 6.46. The first-order valence-corrected chi connectivity index (χ1v) is 9.69. The molecule has 1 fully saturated rings. The van der Waals surface area contributed by atoms with Gasteiger partial charge in [0.1, 0.15) is 11.6 Å². The number of benzene rings is 2. The maximum atomic E-state index is 13.5. The molecule has 1 aromatic heterocycles. The van der Waals surface area contributed by atoms with Gasteiger partial charge < -0.3 is 15.2 Å². The Morgan fingerprint density at radius 2 is 2.11 bits per heavy atom. The van der Waals surface area contributed by atoms with Crippen LogP contribution in [0.5, 0.6) is 0 Å². The zero-order valence-electron chi connectivity index (χ0n) is 16.4. The van der Waals surface area contributed by atoms with Crippen LogP contribution in [0.2, 0.25) is 0 Å². The van der Waals surface area contributed by atoms with Crippen molar-refractivity contribution in [3.63, 3.8) is 0 Å². The van der Waals surface area contributed by atoms with Crippen LogP contribution in [0.25, 0.3) is 22.4 Å². The number of piperidine rings is 1. The molecule has 2 atom stereocenters. The monoisotopic (exact) mass is 380 g/mol. The first-order chi connectivity index (χ1) is 13.4. The molecule has 1 saturated heterocycles.